The molecule has 4 rings (SSSR count). The molecule has 2 amide bonds. The van der Waals surface area contributed by atoms with Gasteiger partial charge >= 0.3 is 0 Å². The van der Waals surface area contributed by atoms with Gasteiger partial charge in [-0.2, -0.15) is 0 Å². The molecule has 3 aliphatic rings. The van der Waals surface area contributed by atoms with E-state index in [-0.39, 0.29) is 23.8 Å². The zero-order chi connectivity index (χ0) is 24.3. The van der Waals surface area contributed by atoms with Gasteiger partial charge in [-0.05, 0) is 56.7 Å². The molecule has 1 aromatic carbocycles. The summed E-state index contributed by atoms with van der Waals surface area (Å²) >= 11 is 0. The quantitative estimate of drug-likeness (QED) is 0.605. The molecule has 34 heavy (non-hydrogen) atoms. The first-order valence-corrected chi connectivity index (χ1v) is 12.4. The van der Waals surface area contributed by atoms with Crippen LogP contribution in [0.3, 0.4) is 0 Å². The molecule has 1 spiro atoms. The maximum atomic E-state index is 13.9. The van der Waals surface area contributed by atoms with Crippen molar-refractivity contribution in [2.45, 2.75) is 64.6 Å². The van der Waals surface area contributed by atoms with E-state index in [9.17, 15) is 9.59 Å². The van der Waals surface area contributed by atoms with Gasteiger partial charge in [0.15, 0.2) is 0 Å². The van der Waals surface area contributed by atoms with Crippen molar-refractivity contribution in [2.24, 2.45) is 16.6 Å². The van der Waals surface area contributed by atoms with Crippen LogP contribution in [0.5, 0.6) is 0 Å². The fourth-order valence-corrected chi connectivity index (χ4v) is 4.73. The van der Waals surface area contributed by atoms with Gasteiger partial charge in [0, 0.05) is 12.1 Å². The molecule has 0 radical (unpaired) electrons. The Morgan fingerprint density at radius 3 is 2.59 bits per heavy atom. The molecule has 1 fully saturated rings. The molecule has 6 heteroatoms. The summed E-state index contributed by atoms with van der Waals surface area (Å²) in [5.74, 6) is 0.820. The molecule has 1 atom stereocenters. The lowest BCUT2D eigenvalue weighted by atomic mass is 9.98. The number of carbonyl (C=O) groups excluding carboxylic acids is 2. The fourth-order valence-electron chi connectivity index (χ4n) is 4.73. The second-order valence-electron chi connectivity index (χ2n) is 9.95. The molecule has 0 aromatic heterocycles. The SMILES string of the molecule is CC1=CC=C(C(=O)N(CCCN)C(C2=NC3(CC3)C(=O)N2Cc2ccccc2)C(C)C)C=CC1. The summed E-state index contributed by atoms with van der Waals surface area (Å²) in [6, 6.07) is 9.68. The van der Waals surface area contributed by atoms with Crippen LogP contribution >= 0.6 is 0 Å². The van der Waals surface area contributed by atoms with E-state index in [1.807, 2.05) is 64.4 Å². The third-order valence-electron chi connectivity index (χ3n) is 6.78. The highest BCUT2D eigenvalue weighted by Crippen LogP contribution is 2.46. The van der Waals surface area contributed by atoms with Gasteiger partial charge in [-0.3, -0.25) is 19.5 Å². The van der Waals surface area contributed by atoms with Crippen molar-refractivity contribution in [1.29, 1.82) is 0 Å². The molecule has 180 valence electrons. The smallest absolute Gasteiger partial charge is 0.256 e. The van der Waals surface area contributed by atoms with Gasteiger partial charge in [-0.25, -0.2) is 0 Å². The van der Waals surface area contributed by atoms with Gasteiger partial charge in [0.1, 0.15) is 11.4 Å². The van der Waals surface area contributed by atoms with Crippen LogP contribution in [-0.2, 0) is 16.1 Å². The Labute approximate surface area is 202 Å². The molecule has 1 unspecified atom stereocenters. The first-order valence-electron chi connectivity index (χ1n) is 12.4. The minimum absolute atomic E-state index is 0.0408. The van der Waals surface area contributed by atoms with Crippen LogP contribution in [0.15, 0.2) is 70.8 Å². The minimum atomic E-state index is -0.624. The molecule has 0 bridgehead atoms. The van der Waals surface area contributed by atoms with Crippen molar-refractivity contribution >= 4 is 17.6 Å². The molecule has 2 N–H and O–H groups in total. The van der Waals surface area contributed by atoms with Gasteiger partial charge in [-0.1, -0.05) is 68.0 Å². The van der Waals surface area contributed by atoms with Crippen LogP contribution in [0.1, 0.15) is 52.0 Å². The maximum absolute atomic E-state index is 13.9. The van der Waals surface area contributed by atoms with Gasteiger partial charge in [0.05, 0.1) is 12.6 Å². The molecule has 2 aliphatic carbocycles. The molecular formula is C28H36N4O2. The van der Waals surface area contributed by atoms with Crippen LogP contribution in [0.2, 0.25) is 0 Å². The summed E-state index contributed by atoms with van der Waals surface area (Å²) in [7, 11) is 0. The largest absolute Gasteiger partial charge is 0.330 e. The van der Waals surface area contributed by atoms with Crippen molar-refractivity contribution in [1.82, 2.24) is 9.80 Å². The van der Waals surface area contributed by atoms with Crippen LogP contribution in [0.25, 0.3) is 0 Å². The zero-order valence-electron chi connectivity index (χ0n) is 20.5. The molecule has 1 aliphatic heterocycles. The average Bonchev–Trinajstić information content (AvgIpc) is 3.60. The number of aliphatic imine (C=N–C) groups is 1. The number of allylic oxidation sites excluding steroid dienone is 4. The van der Waals surface area contributed by atoms with E-state index in [0.717, 1.165) is 30.7 Å². The lowest BCUT2D eigenvalue weighted by molar-refractivity contribution is -0.131. The standard InChI is InChI=1S/C28H36N4O2/c1-20(2)24(31(18-8-17-29)26(33)23-12-7-9-21(3)13-14-23)25-30-28(15-16-28)27(34)32(25)19-22-10-5-4-6-11-22/h4-7,10-14,20,24H,8-9,15-19,29H2,1-3H3. The number of amidine groups is 1. The predicted octanol–water partition coefficient (Wildman–Crippen LogP) is 3.99. The number of rotatable bonds is 9. The monoisotopic (exact) mass is 460 g/mol. The molecule has 1 aromatic rings. The number of nitrogens with two attached hydrogens (primary N) is 1. The molecular weight excluding hydrogens is 424 g/mol. The number of hydrogen-bond acceptors (Lipinski definition) is 4. The number of amides is 2. The number of hydrogen-bond donors (Lipinski definition) is 1. The van der Waals surface area contributed by atoms with Crippen molar-refractivity contribution in [2.75, 3.05) is 13.1 Å². The zero-order valence-corrected chi connectivity index (χ0v) is 20.5. The normalized spacial score (nSPS) is 19.6. The second kappa shape index (κ2) is 10.1. The molecule has 1 heterocycles. The Morgan fingerprint density at radius 2 is 1.94 bits per heavy atom. The van der Waals surface area contributed by atoms with E-state index >= 15 is 0 Å². The Bertz CT molecular complexity index is 1050. The Kier molecular flexibility index (Phi) is 7.17. The number of benzene rings is 1. The average molecular weight is 461 g/mol. The number of carbonyl (C=O) groups is 2. The molecule has 6 nitrogen and oxygen atoms in total. The lowest BCUT2D eigenvalue weighted by Gasteiger charge is -2.37. The van der Waals surface area contributed by atoms with E-state index in [0.29, 0.717) is 31.6 Å². The van der Waals surface area contributed by atoms with Gasteiger partial charge in [0.25, 0.3) is 11.8 Å². The summed E-state index contributed by atoms with van der Waals surface area (Å²) in [4.78, 5) is 36.1. The summed E-state index contributed by atoms with van der Waals surface area (Å²) in [5, 5.41) is 0. The summed E-state index contributed by atoms with van der Waals surface area (Å²) < 4.78 is 0. The first-order chi connectivity index (χ1) is 16.4. The van der Waals surface area contributed by atoms with Crippen LogP contribution in [0, 0.1) is 5.92 Å². The Morgan fingerprint density at radius 1 is 1.21 bits per heavy atom. The highest BCUT2D eigenvalue weighted by Gasteiger charge is 2.58. The van der Waals surface area contributed by atoms with Crippen molar-refractivity contribution < 1.29 is 9.59 Å². The minimum Gasteiger partial charge on any atom is -0.330 e. The van der Waals surface area contributed by atoms with Crippen LogP contribution in [-0.4, -0.2) is 52.1 Å². The van der Waals surface area contributed by atoms with E-state index in [1.54, 1.807) is 0 Å². The van der Waals surface area contributed by atoms with Crippen LogP contribution in [0.4, 0.5) is 0 Å². The molecule has 1 saturated carbocycles. The topological polar surface area (TPSA) is 79.0 Å². The van der Waals surface area contributed by atoms with E-state index in [1.165, 1.54) is 5.57 Å². The Hall–Kier alpha value is -2.99. The van der Waals surface area contributed by atoms with Gasteiger partial charge < -0.3 is 10.6 Å². The number of nitrogens with zero attached hydrogens (tertiary/aromatic N) is 3. The highest BCUT2D eigenvalue weighted by molar-refractivity contribution is 6.13. The van der Waals surface area contributed by atoms with E-state index < -0.39 is 5.54 Å². The van der Waals surface area contributed by atoms with Crippen molar-refractivity contribution in [3.8, 4) is 0 Å². The lowest BCUT2D eigenvalue weighted by Crippen LogP contribution is -2.53. The van der Waals surface area contributed by atoms with Crippen LogP contribution < -0.4 is 5.73 Å². The molecule has 0 saturated heterocycles. The predicted molar refractivity (Wildman–Crippen MR) is 136 cm³/mol. The summed E-state index contributed by atoms with van der Waals surface area (Å²) in [5.41, 5.74) is 8.16. The Balaban J connectivity index is 1.71. The van der Waals surface area contributed by atoms with Crippen molar-refractivity contribution in [3.05, 3.63) is 71.3 Å². The second-order valence-corrected chi connectivity index (χ2v) is 9.95. The van der Waals surface area contributed by atoms with Gasteiger partial charge in [0.2, 0.25) is 0 Å². The van der Waals surface area contributed by atoms with Gasteiger partial charge in [-0.15, -0.1) is 0 Å². The summed E-state index contributed by atoms with van der Waals surface area (Å²) in [6.45, 7) is 7.73. The third kappa shape index (κ3) is 4.92. The van der Waals surface area contributed by atoms with E-state index in [4.69, 9.17) is 10.7 Å². The van der Waals surface area contributed by atoms with E-state index in [2.05, 4.69) is 20.8 Å². The highest BCUT2D eigenvalue weighted by atomic mass is 16.2. The summed E-state index contributed by atoms with van der Waals surface area (Å²) in [6.07, 6.45) is 10.9. The fraction of sp³-hybridized carbons (Fsp3) is 0.464. The van der Waals surface area contributed by atoms with Crippen molar-refractivity contribution in [3.63, 3.8) is 0 Å². The first kappa shape index (κ1) is 24.1. The third-order valence-corrected chi connectivity index (χ3v) is 6.78. The maximum Gasteiger partial charge on any atom is 0.256 e.